The van der Waals surface area contributed by atoms with Crippen molar-refractivity contribution in [1.82, 2.24) is 0 Å². The van der Waals surface area contributed by atoms with E-state index in [4.69, 9.17) is 0 Å². The number of Topliss-reactive ketones (excluding diaryl/α,β-unsaturated/α-hetero) is 1. The van der Waals surface area contributed by atoms with Gasteiger partial charge in [-0.1, -0.05) is 0 Å². The largest absolute Gasteiger partial charge is 0.463 e. The molecule has 0 N–H and O–H groups in total. The van der Waals surface area contributed by atoms with Gasteiger partial charge in [0.25, 0.3) is 5.67 Å². The fourth-order valence-corrected chi connectivity index (χ4v) is 0.410. The molecular weight excluding hydrogens is 151 g/mol. The van der Waals surface area contributed by atoms with Gasteiger partial charge in [-0.3, -0.25) is 4.79 Å². The zero-order valence-electron chi connectivity index (χ0n) is 6.81. The molecule has 11 heavy (non-hydrogen) atoms. The topological polar surface area (TPSA) is 43.4 Å². The van der Waals surface area contributed by atoms with Crippen molar-refractivity contribution in [3.63, 3.8) is 0 Å². The molecule has 3 nitrogen and oxygen atoms in total. The molecular formula is C7H11FO3. The lowest BCUT2D eigenvalue weighted by atomic mass is 10.1. The number of alkyl halides is 1. The highest BCUT2D eigenvalue weighted by atomic mass is 19.1. The van der Waals surface area contributed by atoms with Gasteiger partial charge in [0.05, 0.1) is 6.61 Å². The van der Waals surface area contributed by atoms with E-state index >= 15 is 0 Å². The van der Waals surface area contributed by atoms with Crippen molar-refractivity contribution in [1.29, 1.82) is 0 Å². The second-order valence-electron chi connectivity index (χ2n) is 2.28. The Morgan fingerprint density at radius 3 is 2.27 bits per heavy atom. The first-order chi connectivity index (χ1) is 4.92. The third-order valence-corrected chi connectivity index (χ3v) is 1.32. The van der Waals surface area contributed by atoms with Crippen molar-refractivity contribution >= 4 is 11.8 Å². The molecule has 0 bridgehead atoms. The number of carbonyl (C=O) groups is 2. The summed E-state index contributed by atoms with van der Waals surface area (Å²) >= 11 is 0. The van der Waals surface area contributed by atoms with E-state index in [0.29, 0.717) is 0 Å². The van der Waals surface area contributed by atoms with Crippen LogP contribution in [0, 0.1) is 0 Å². The summed E-state index contributed by atoms with van der Waals surface area (Å²) in [6.45, 7) is 3.53. The van der Waals surface area contributed by atoms with Crippen LogP contribution in [0.1, 0.15) is 20.8 Å². The third kappa shape index (κ3) is 2.29. The minimum atomic E-state index is -2.49. The van der Waals surface area contributed by atoms with Crippen molar-refractivity contribution in [2.24, 2.45) is 0 Å². The maximum atomic E-state index is 13.0. The van der Waals surface area contributed by atoms with Gasteiger partial charge in [0.1, 0.15) is 0 Å². The van der Waals surface area contributed by atoms with Gasteiger partial charge in [0.2, 0.25) is 0 Å². The zero-order valence-corrected chi connectivity index (χ0v) is 6.81. The number of esters is 1. The summed E-state index contributed by atoms with van der Waals surface area (Å²) in [4.78, 5) is 21.2. The molecule has 0 aromatic rings. The molecule has 0 amide bonds. The minimum Gasteiger partial charge on any atom is -0.463 e. The molecule has 0 aromatic heterocycles. The standard InChI is InChI=1S/C7H11FO3/c1-4-11-6(10)7(3,8)5(2)9/h4H2,1-3H3/t7-/m1/s1. The Bertz CT molecular complexity index is 175. The van der Waals surface area contributed by atoms with Crippen LogP contribution in [-0.2, 0) is 14.3 Å². The summed E-state index contributed by atoms with van der Waals surface area (Å²) in [5, 5.41) is 0. The molecule has 4 heteroatoms. The van der Waals surface area contributed by atoms with Gasteiger partial charge in [0.15, 0.2) is 5.78 Å². The van der Waals surface area contributed by atoms with Gasteiger partial charge in [0, 0.05) is 0 Å². The number of ketones is 1. The van der Waals surface area contributed by atoms with Crippen molar-refractivity contribution < 1.29 is 18.7 Å². The minimum absolute atomic E-state index is 0.0750. The van der Waals surface area contributed by atoms with Crippen LogP contribution < -0.4 is 0 Å². The Labute approximate surface area is 64.5 Å². The molecule has 0 heterocycles. The molecule has 0 radical (unpaired) electrons. The van der Waals surface area contributed by atoms with Gasteiger partial charge < -0.3 is 4.74 Å². The van der Waals surface area contributed by atoms with Gasteiger partial charge in [-0.25, -0.2) is 9.18 Å². The molecule has 0 spiro atoms. The van der Waals surface area contributed by atoms with Gasteiger partial charge in [-0.2, -0.15) is 0 Å². The van der Waals surface area contributed by atoms with Crippen LogP contribution in [0.3, 0.4) is 0 Å². The number of halogens is 1. The number of hydrogen-bond acceptors (Lipinski definition) is 3. The Hall–Kier alpha value is -0.930. The number of hydrogen-bond donors (Lipinski definition) is 0. The summed E-state index contributed by atoms with van der Waals surface area (Å²) in [5.74, 6) is -1.96. The van der Waals surface area contributed by atoms with E-state index in [0.717, 1.165) is 13.8 Å². The predicted octanol–water partition coefficient (Wildman–Crippen LogP) is 0.867. The van der Waals surface area contributed by atoms with E-state index in [1.165, 1.54) is 0 Å². The van der Waals surface area contributed by atoms with Crippen molar-refractivity contribution in [3.8, 4) is 0 Å². The van der Waals surface area contributed by atoms with E-state index in [1.807, 2.05) is 0 Å². The highest BCUT2D eigenvalue weighted by Crippen LogP contribution is 2.13. The average molecular weight is 162 g/mol. The van der Waals surface area contributed by atoms with Crippen LogP contribution in [0.15, 0.2) is 0 Å². The van der Waals surface area contributed by atoms with E-state index in [1.54, 1.807) is 6.92 Å². The Morgan fingerprint density at radius 1 is 1.55 bits per heavy atom. The number of ether oxygens (including phenoxy) is 1. The molecule has 1 atom stereocenters. The monoisotopic (exact) mass is 162 g/mol. The normalized spacial score (nSPS) is 15.3. The van der Waals surface area contributed by atoms with Gasteiger partial charge in [-0.15, -0.1) is 0 Å². The SMILES string of the molecule is CCOC(=O)[C@](C)(F)C(C)=O. The van der Waals surface area contributed by atoms with E-state index in [-0.39, 0.29) is 6.61 Å². The van der Waals surface area contributed by atoms with Crippen LogP contribution in [0.2, 0.25) is 0 Å². The first kappa shape index (κ1) is 10.1. The highest BCUT2D eigenvalue weighted by molar-refractivity contribution is 6.05. The lowest BCUT2D eigenvalue weighted by Gasteiger charge is -2.13. The second-order valence-corrected chi connectivity index (χ2v) is 2.28. The molecule has 0 rings (SSSR count). The predicted molar refractivity (Wildman–Crippen MR) is 36.8 cm³/mol. The fraction of sp³-hybridized carbons (Fsp3) is 0.714. The Morgan fingerprint density at radius 2 is 2.00 bits per heavy atom. The first-order valence-corrected chi connectivity index (χ1v) is 3.30. The van der Waals surface area contributed by atoms with Crippen molar-refractivity contribution in [2.75, 3.05) is 6.61 Å². The summed E-state index contributed by atoms with van der Waals surface area (Å²) in [6.07, 6.45) is 0. The molecule has 0 fully saturated rings. The highest BCUT2D eigenvalue weighted by Gasteiger charge is 2.39. The molecule has 64 valence electrons. The Balaban J connectivity index is 4.30. The summed E-state index contributed by atoms with van der Waals surface area (Å²) in [5.41, 5.74) is -2.49. The molecule has 0 aliphatic heterocycles. The quantitative estimate of drug-likeness (QED) is 0.456. The summed E-state index contributed by atoms with van der Waals surface area (Å²) in [7, 11) is 0. The second kappa shape index (κ2) is 3.46. The number of rotatable bonds is 3. The van der Waals surface area contributed by atoms with Crippen molar-refractivity contribution in [3.05, 3.63) is 0 Å². The maximum absolute atomic E-state index is 13.0. The van der Waals surface area contributed by atoms with Crippen molar-refractivity contribution in [2.45, 2.75) is 26.4 Å². The zero-order chi connectivity index (χ0) is 9.07. The van der Waals surface area contributed by atoms with Crippen LogP contribution in [0.4, 0.5) is 4.39 Å². The summed E-state index contributed by atoms with van der Waals surface area (Å²) < 4.78 is 17.3. The fourth-order valence-electron chi connectivity index (χ4n) is 0.410. The molecule has 0 aromatic carbocycles. The lowest BCUT2D eigenvalue weighted by Crippen LogP contribution is -2.39. The number of carbonyl (C=O) groups excluding carboxylic acids is 2. The van der Waals surface area contributed by atoms with Crippen LogP contribution in [0.25, 0.3) is 0 Å². The van der Waals surface area contributed by atoms with Crippen LogP contribution in [0.5, 0.6) is 0 Å². The molecule has 0 unspecified atom stereocenters. The smallest absolute Gasteiger partial charge is 0.351 e. The van der Waals surface area contributed by atoms with Gasteiger partial charge >= 0.3 is 5.97 Å². The average Bonchev–Trinajstić information content (AvgIpc) is 1.88. The van der Waals surface area contributed by atoms with Crippen LogP contribution in [-0.4, -0.2) is 24.0 Å². The Kier molecular flexibility index (Phi) is 3.17. The van der Waals surface area contributed by atoms with Gasteiger partial charge in [-0.05, 0) is 20.8 Å². The molecule has 0 aliphatic carbocycles. The van der Waals surface area contributed by atoms with E-state index < -0.39 is 17.4 Å². The van der Waals surface area contributed by atoms with E-state index in [9.17, 15) is 14.0 Å². The van der Waals surface area contributed by atoms with Crippen LogP contribution >= 0.6 is 0 Å². The molecule has 0 aliphatic rings. The lowest BCUT2D eigenvalue weighted by molar-refractivity contribution is -0.160. The molecule has 0 saturated heterocycles. The van der Waals surface area contributed by atoms with E-state index in [2.05, 4.69) is 4.74 Å². The first-order valence-electron chi connectivity index (χ1n) is 3.30. The maximum Gasteiger partial charge on any atom is 0.351 e. The third-order valence-electron chi connectivity index (χ3n) is 1.32. The summed E-state index contributed by atoms with van der Waals surface area (Å²) in [6, 6.07) is 0. The molecule has 0 saturated carbocycles.